The molecule has 25 heavy (non-hydrogen) atoms. The van der Waals surface area contributed by atoms with Crippen LogP contribution in [0.3, 0.4) is 0 Å². The molecule has 0 aromatic heterocycles. The summed E-state index contributed by atoms with van der Waals surface area (Å²) in [5.74, 6) is 0.0221. The van der Waals surface area contributed by atoms with Crippen LogP contribution in [0, 0.1) is 6.92 Å². The monoisotopic (exact) mass is 422 g/mol. The summed E-state index contributed by atoms with van der Waals surface area (Å²) in [5.41, 5.74) is 2.71. The van der Waals surface area contributed by atoms with Crippen molar-refractivity contribution < 1.29 is 13.2 Å². The first-order valence-corrected chi connectivity index (χ1v) is 10.6. The number of hydrogen-bond acceptors (Lipinski definition) is 4. The van der Waals surface area contributed by atoms with Crippen LogP contribution in [0.1, 0.15) is 12.0 Å². The van der Waals surface area contributed by atoms with Gasteiger partial charge in [-0.3, -0.25) is 4.79 Å². The number of sulfone groups is 1. The van der Waals surface area contributed by atoms with Crippen LogP contribution in [-0.2, 0) is 14.6 Å². The molecular formula is C18H19BrN2O3S. The highest BCUT2D eigenvalue weighted by Gasteiger charge is 2.32. The quantitative estimate of drug-likeness (QED) is 0.819. The van der Waals surface area contributed by atoms with Crippen LogP contribution >= 0.6 is 15.9 Å². The Morgan fingerprint density at radius 3 is 2.44 bits per heavy atom. The minimum absolute atomic E-state index is 0.0221. The standard InChI is InChI=1S/C18H19BrN2O3S/c1-12-11-14(5-8-16(12)19)21-10-9-17(18(21)22)20-13-3-6-15(7-4-13)25(2,23)24/h3-8,11,17,20H,9-10H2,1-2H3. The summed E-state index contributed by atoms with van der Waals surface area (Å²) in [7, 11) is -3.22. The van der Waals surface area contributed by atoms with Crippen LogP contribution in [0.5, 0.6) is 0 Å². The van der Waals surface area contributed by atoms with Gasteiger partial charge in [0.25, 0.3) is 0 Å². The second kappa shape index (κ2) is 6.80. The summed E-state index contributed by atoms with van der Waals surface area (Å²) >= 11 is 3.47. The Morgan fingerprint density at radius 2 is 1.84 bits per heavy atom. The molecule has 132 valence electrons. The van der Waals surface area contributed by atoms with Crippen molar-refractivity contribution >= 4 is 43.0 Å². The van der Waals surface area contributed by atoms with E-state index in [0.29, 0.717) is 13.0 Å². The molecule has 1 aliphatic rings. The van der Waals surface area contributed by atoms with Crippen molar-refractivity contribution in [1.29, 1.82) is 0 Å². The molecule has 1 saturated heterocycles. The van der Waals surface area contributed by atoms with Crippen molar-refractivity contribution in [1.82, 2.24) is 0 Å². The van der Waals surface area contributed by atoms with Crippen LogP contribution in [0.4, 0.5) is 11.4 Å². The first-order chi connectivity index (χ1) is 11.8. The Labute approximate surface area is 156 Å². The highest BCUT2D eigenvalue weighted by Crippen LogP contribution is 2.27. The molecule has 1 fully saturated rings. The summed E-state index contributed by atoms with van der Waals surface area (Å²) in [6, 6.07) is 12.0. The average molecular weight is 423 g/mol. The Bertz CT molecular complexity index is 910. The lowest BCUT2D eigenvalue weighted by atomic mass is 10.2. The molecule has 1 aliphatic heterocycles. The summed E-state index contributed by atoms with van der Waals surface area (Å²) < 4.78 is 24.0. The van der Waals surface area contributed by atoms with E-state index in [1.54, 1.807) is 29.2 Å². The number of rotatable bonds is 4. The largest absolute Gasteiger partial charge is 0.374 e. The Balaban J connectivity index is 1.73. The zero-order valence-corrected chi connectivity index (χ0v) is 16.4. The fourth-order valence-electron chi connectivity index (χ4n) is 2.87. The summed E-state index contributed by atoms with van der Waals surface area (Å²) in [6.07, 6.45) is 1.87. The molecule has 5 nitrogen and oxygen atoms in total. The minimum atomic E-state index is -3.22. The van der Waals surface area contributed by atoms with Crippen molar-refractivity contribution in [2.75, 3.05) is 23.0 Å². The van der Waals surface area contributed by atoms with Crippen LogP contribution < -0.4 is 10.2 Å². The first kappa shape index (κ1) is 17.9. The third-order valence-electron chi connectivity index (χ3n) is 4.28. The molecule has 1 atom stereocenters. The van der Waals surface area contributed by atoms with Crippen molar-refractivity contribution in [3.8, 4) is 0 Å². The molecular weight excluding hydrogens is 404 g/mol. The van der Waals surface area contributed by atoms with Crippen LogP contribution in [0.15, 0.2) is 51.8 Å². The van der Waals surface area contributed by atoms with Gasteiger partial charge in [0.05, 0.1) is 4.90 Å². The summed E-state index contributed by atoms with van der Waals surface area (Å²) in [4.78, 5) is 14.7. The van der Waals surface area contributed by atoms with E-state index in [9.17, 15) is 13.2 Å². The first-order valence-electron chi connectivity index (χ1n) is 7.90. The van der Waals surface area contributed by atoms with Crippen LogP contribution in [0.25, 0.3) is 0 Å². The van der Waals surface area contributed by atoms with Crippen molar-refractivity contribution in [3.63, 3.8) is 0 Å². The Hall–Kier alpha value is -1.86. The van der Waals surface area contributed by atoms with E-state index in [0.717, 1.165) is 21.4 Å². The molecule has 2 aromatic rings. The predicted molar refractivity (Wildman–Crippen MR) is 103 cm³/mol. The molecule has 0 radical (unpaired) electrons. The maximum absolute atomic E-state index is 12.7. The maximum atomic E-state index is 12.7. The summed E-state index contributed by atoms with van der Waals surface area (Å²) in [6.45, 7) is 2.65. The number of amides is 1. The van der Waals surface area contributed by atoms with Gasteiger partial charge in [-0.05, 0) is 61.4 Å². The molecule has 0 saturated carbocycles. The molecule has 7 heteroatoms. The SMILES string of the molecule is Cc1cc(N2CCC(Nc3ccc(S(C)(=O)=O)cc3)C2=O)ccc1Br. The zero-order chi connectivity index (χ0) is 18.2. The zero-order valence-electron chi connectivity index (χ0n) is 14.0. The average Bonchev–Trinajstić information content (AvgIpc) is 2.91. The predicted octanol–water partition coefficient (Wildman–Crippen LogP) is 3.38. The molecule has 0 bridgehead atoms. The van der Waals surface area contributed by atoms with Gasteiger partial charge in [0, 0.05) is 28.6 Å². The minimum Gasteiger partial charge on any atom is -0.374 e. The Kier molecular flexibility index (Phi) is 4.88. The van der Waals surface area contributed by atoms with Gasteiger partial charge in [-0.25, -0.2) is 8.42 Å². The van der Waals surface area contributed by atoms with Gasteiger partial charge in [-0.2, -0.15) is 0 Å². The molecule has 3 rings (SSSR count). The lowest BCUT2D eigenvalue weighted by Gasteiger charge is -2.18. The number of anilines is 2. The molecule has 1 N–H and O–H groups in total. The van der Waals surface area contributed by atoms with E-state index in [2.05, 4.69) is 21.2 Å². The normalized spacial score (nSPS) is 17.8. The number of halogens is 1. The lowest BCUT2D eigenvalue weighted by Crippen LogP contribution is -2.33. The molecule has 1 unspecified atom stereocenters. The van der Waals surface area contributed by atoms with Gasteiger partial charge in [-0.15, -0.1) is 0 Å². The molecule has 1 amide bonds. The number of hydrogen-bond donors (Lipinski definition) is 1. The van der Waals surface area contributed by atoms with E-state index >= 15 is 0 Å². The van der Waals surface area contributed by atoms with E-state index in [1.807, 2.05) is 25.1 Å². The van der Waals surface area contributed by atoms with E-state index in [4.69, 9.17) is 0 Å². The second-order valence-corrected chi connectivity index (χ2v) is 9.08. The third kappa shape index (κ3) is 3.88. The van der Waals surface area contributed by atoms with Gasteiger partial charge < -0.3 is 10.2 Å². The van der Waals surface area contributed by atoms with Crippen LogP contribution in [-0.4, -0.2) is 33.2 Å². The molecule has 0 spiro atoms. The fourth-order valence-corrected chi connectivity index (χ4v) is 3.74. The number of nitrogens with one attached hydrogen (secondary N) is 1. The number of aryl methyl sites for hydroxylation is 1. The topological polar surface area (TPSA) is 66.5 Å². The van der Waals surface area contributed by atoms with E-state index < -0.39 is 9.84 Å². The van der Waals surface area contributed by atoms with Crippen molar-refractivity contribution in [2.24, 2.45) is 0 Å². The number of benzene rings is 2. The molecule has 0 aliphatic carbocycles. The van der Waals surface area contributed by atoms with E-state index in [-0.39, 0.29) is 16.8 Å². The molecule has 2 aromatic carbocycles. The number of carbonyl (C=O) groups excluding carboxylic acids is 1. The fraction of sp³-hybridized carbons (Fsp3) is 0.278. The summed E-state index contributed by atoms with van der Waals surface area (Å²) in [5, 5.41) is 3.20. The van der Waals surface area contributed by atoms with Crippen molar-refractivity contribution in [2.45, 2.75) is 24.3 Å². The second-order valence-electron chi connectivity index (χ2n) is 6.21. The van der Waals surface area contributed by atoms with E-state index in [1.165, 1.54) is 6.26 Å². The van der Waals surface area contributed by atoms with Gasteiger partial charge in [0.1, 0.15) is 6.04 Å². The van der Waals surface area contributed by atoms with Gasteiger partial charge in [-0.1, -0.05) is 15.9 Å². The van der Waals surface area contributed by atoms with Crippen LogP contribution in [0.2, 0.25) is 0 Å². The smallest absolute Gasteiger partial charge is 0.249 e. The number of carbonyl (C=O) groups is 1. The molecule has 1 heterocycles. The Morgan fingerprint density at radius 1 is 1.16 bits per heavy atom. The van der Waals surface area contributed by atoms with Crippen molar-refractivity contribution in [3.05, 3.63) is 52.5 Å². The number of nitrogens with zero attached hydrogens (tertiary/aromatic N) is 1. The van der Waals surface area contributed by atoms with Gasteiger partial charge in [0.15, 0.2) is 9.84 Å². The highest BCUT2D eigenvalue weighted by molar-refractivity contribution is 9.10. The third-order valence-corrected chi connectivity index (χ3v) is 6.30. The van der Waals surface area contributed by atoms with Gasteiger partial charge >= 0.3 is 0 Å². The lowest BCUT2D eigenvalue weighted by molar-refractivity contribution is -0.117. The maximum Gasteiger partial charge on any atom is 0.249 e. The van der Waals surface area contributed by atoms with Gasteiger partial charge in [0.2, 0.25) is 5.91 Å². The highest BCUT2D eigenvalue weighted by atomic mass is 79.9.